The molecule has 4 heterocycles. The van der Waals surface area contributed by atoms with Crippen LogP contribution >= 0.6 is 0 Å². The molecule has 0 radical (unpaired) electrons. The Morgan fingerprint density at radius 3 is 2.69 bits per heavy atom. The monoisotopic (exact) mass is 344 g/mol. The highest BCUT2D eigenvalue weighted by Crippen LogP contribution is 2.29. The van der Waals surface area contributed by atoms with E-state index in [-0.39, 0.29) is 0 Å². The summed E-state index contributed by atoms with van der Waals surface area (Å²) in [4.78, 5) is 17.6. The number of rotatable bonds is 5. The topological polar surface area (TPSA) is 68.5 Å². The van der Waals surface area contributed by atoms with Crippen LogP contribution in [-0.2, 0) is 13.1 Å². The molecule has 1 N–H and O–H groups in total. The molecule has 0 bridgehead atoms. The van der Waals surface area contributed by atoms with Gasteiger partial charge in [-0.3, -0.25) is 9.97 Å². The molecule has 4 rings (SSSR count). The molecule has 4 aromatic rings. The smallest absolute Gasteiger partial charge is 0.146 e. The van der Waals surface area contributed by atoms with Gasteiger partial charge in [-0.05, 0) is 43.2 Å². The zero-order chi connectivity index (χ0) is 17.9. The molecule has 0 aliphatic heterocycles. The van der Waals surface area contributed by atoms with Crippen molar-refractivity contribution in [3.05, 3.63) is 77.8 Å². The highest BCUT2D eigenvalue weighted by atomic mass is 15.1. The number of anilines is 1. The molecule has 0 spiro atoms. The number of nitrogens with one attached hydrogen (secondary N) is 1. The summed E-state index contributed by atoms with van der Waals surface area (Å²) in [6.07, 6.45) is 7.06. The molecule has 26 heavy (non-hydrogen) atoms. The minimum atomic E-state index is 0.670. The molecule has 6 nitrogen and oxygen atoms in total. The van der Waals surface area contributed by atoms with E-state index in [0.29, 0.717) is 13.1 Å². The summed E-state index contributed by atoms with van der Waals surface area (Å²) in [5.74, 6) is 0.847. The van der Waals surface area contributed by atoms with E-state index < -0.39 is 0 Å². The van der Waals surface area contributed by atoms with E-state index in [1.165, 1.54) is 11.3 Å². The fraction of sp³-hybridized carbons (Fsp3) is 0.200. The van der Waals surface area contributed by atoms with Gasteiger partial charge in [0.05, 0.1) is 17.6 Å². The maximum Gasteiger partial charge on any atom is 0.146 e. The predicted molar refractivity (Wildman–Crippen MR) is 102 cm³/mol. The summed E-state index contributed by atoms with van der Waals surface area (Å²) in [6.45, 7) is 5.59. The van der Waals surface area contributed by atoms with Crippen molar-refractivity contribution in [3.63, 3.8) is 0 Å². The average Bonchev–Trinajstić information content (AvgIpc) is 2.93. The zero-order valence-electron chi connectivity index (χ0n) is 14.8. The number of pyridine rings is 2. The van der Waals surface area contributed by atoms with Crippen molar-refractivity contribution < 1.29 is 0 Å². The fourth-order valence-corrected chi connectivity index (χ4v) is 3.14. The molecule has 6 heteroatoms. The van der Waals surface area contributed by atoms with Gasteiger partial charge in [0.25, 0.3) is 0 Å². The van der Waals surface area contributed by atoms with Crippen molar-refractivity contribution >= 4 is 16.9 Å². The lowest BCUT2D eigenvalue weighted by molar-refractivity contribution is 0.767. The molecular formula is C20H20N6. The van der Waals surface area contributed by atoms with Crippen LogP contribution in [0.3, 0.4) is 0 Å². The Labute approximate surface area is 152 Å². The maximum atomic E-state index is 4.55. The normalized spacial score (nSPS) is 11.0. The number of aryl methyl sites for hydroxylation is 1. The van der Waals surface area contributed by atoms with Crippen molar-refractivity contribution in [3.8, 4) is 0 Å². The second kappa shape index (κ2) is 6.92. The molecule has 0 aliphatic carbocycles. The third-order valence-corrected chi connectivity index (χ3v) is 4.63. The van der Waals surface area contributed by atoms with Gasteiger partial charge >= 0.3 is 0 Å². The summed E-state index contributed by atoms with van der Waals surface area (Å²) in [5.41, 5.74) is 5.41. The Morgan fingerprint density at radius 1 is 1.00 bits per heavy atom. The average molecular weight is 344 g/mol. The van der Waals surface area contributed by atoms with Crippen LogP contribution in [0.2, 0.25) is 0 Å². The Balaban J connectivity index is 1.71. The minimum Gasteiger partial charge on any atom is -0.365 e. The summed E-state index contributed by atoms with van der Waals surface area (Å²) in [6, 6.07) is 9.95. The molecule has 0 fully saturated rings. The SMILES string of the molecule is Cc1c(C)n(Cc2ccccn2)c2ncnc(NCc3cccnc3)c12. The lowest BCUT2D eigenvalue weighted by atomic mass is 10.2. The van der Waals surface area contributed by atoms with Crippen LogP contribution in [0, 0.1) is 13.8 Å². The van der Waals surface area contributed by atoms with E-state index in [1.807, 2.05) is 42.7 Å². The van der Waals surface area contributed by atoms with Crippen molar-refractivity contribution in [1.29, 1.82) is 0 Å². The number of fused-ring (bicyclic) bond motifs is 1. The first kappa shape index (κ1) is 16.2. The molecule has 0 atom stereocenters. The van der Waals surface area contributed by atoms with E-state index in [9.17, 15) is 0 Å². The Kier molecular flexibility index (Phi) is 4.31. The van der Waals surface area contributed by atoms with Gasteiger partial charge in [0.1, 0.15) is 17.8 Å². The van der Waals surface area contributed by atoms with E-state index in [2.05, 4.69) is 43.7 Å². The van der Waals surface area contributed by atoms with Crippen molar-refractivity contribution in [1.82, 2.24) is 24.5 Å². The van der Waals surface area contributed by atoms with Crippen LogP contribution < -0.4 is 5.32 Å². The van der Waals surface area contributed by atoms with Crippen molar-refractivity contribution in [2.24, 2.45) is 0 Å². The number of hydrogen-bond acceptors (Lipinski definition) is 5. The van der Waals surface area contributed by atoms with Gasteiger partial charge in [0.2, 0.25) is 0 Å². The molecule has 130 valence electrons. The standard InChI is InChI=1S/C20H20N6/c1-14-15(2)26(12-17-7-3-4-9-22-17)20-18(14)19(24-13-25-20)23-11-16-6-5-8-21-10-16/h3-10,13H,11-12H2,1-2H3,(H,23,24,25). The fourth-order valence-electron chi connectivity index (χ4n) is 3.14. The first-order valence-electron chi connectivity index (χ1n) is 8.57. The largest absolute Gasteiger partial charge is 0.365 e. The summed E-state index contributed by atoms with van der Waals surface area (Å²) >= 11 is 0. The van der Waals surface area contributed by atoms with Crippen LogP contribution in [0.1, 0.15) is 22.5 Å². The van der Waals surface area contributed by atoms with Gasteiger partial charge < -0.3 is 9.88 Å². The summed E-state index contributed by atoms with van der Waals surface area (Å²) < 4.78 is 2.20. The van der Waals surface area contributed by atoms with Gasteiger partial charge in [-0.15, -0.1) is 0 Å². The van der Waals surface area contributed by atoms with Crippen LogP contribution in [0.5, 0.6) is 0 Å². The summed E-state index contributed by atoms with van der Waals surface area (Å²) in [5, 5.41) is 4.49. The van der Waals surface area contributed by atoms with Gasteiger partial charge in [-0.1, -0.05) is 12.1 Å². The molecule has 4 aromatic heterocycles. The predicted octanol–water partition coefficient (Wildman–Crippen LogP) is 3.50. The lowest BCUT2D eigenvalue weighted by Gasteiger charge is -2.08. The second-order valence-electron chi connectivity index (χ2n) is 6.25. The van der Waals surface area contributed by atoms with Crippen LogP contribution in [-0.4, -0.2) is 24.5 Å². The molecule has 0 amide bonds. The van der Waals surface area contributed by atoms with E-state index in [4.69, 9.17) is 0 Å². The highest BCUT2D eigenvalue weighted by Gasteiger charge is 2.16. The molecule has 0 unspecified atom stereocenters. The Morgan fingerprint density at radius 2 is 1.92 bits per heavy atom. The third kappa shape index (κ3) is 3.01. The number of nitrogens with zero attached hydrogens (tertiary/aromatic N) is 5. The molecular weight excluding hydrogens is 324 g/mol. The Bertz CT molecular complexity index is 1020. The molecule has 0 saturated carbocycles. The first-order valence-corrected chi connectivity index (χ1v) is 8.57. The van der Waals surface area contributed by atoms with E-state index in [0.717, 1.165) is 28.1 Å². The van der Waals surface area contributed by atoms with E-state index >= 15 is 0 Å². The lowest BCUT2D eigenvalue weighted by Crippen LogP contribution is -2.05. The number of aromatic nitrogens is 5. The van der Waals surface area contributed by atoms with Gasteiger partial charge in [0, 0.05) is 30.8 Å². The van der Waals surface area contributed by atoms with Gasteiger partial charge in [0.15, 0.2) is 0 Å². The minimum absolute atomic E-state index is 0.670. The maximum absolute atomic E-state index is 4.55. The Hall–Kier alpha value is -3.28. The van der Waals surface area contributed by atoms with E-state index in [1.54, 1.807) is 12.5 Å². The molecule has 0 aliphatic rings. The second-order valence-corrected chi connectivity index (χ2v) is 6.25. The molecule has 0 aromatic carbocycles. The first-order chi connectivity index (χ1) is 12.7. The van der Waals surface area contributed by atoms with Crippen molar-refractivity contribution in [2.45, 2.75) is 26.9 Å². The van der Waals surface area contributed by atoms with Crippen LogP contribution in [0.4, 0.5) is 5.82 Å². The van der Waals surface area contributed by atoms with Crippen molar-refractivity contribution in [2.75, 3.05) is 5.32 Å². The van der Waals surface area contributed by atoms with Gasteiger partial charge in [-0.2, -0.15) is 0 Å². The zero-order valence-corrected chi connectivity index (χ0v) is 14.8. The molecule has 0 saturated heterocycles. The third-order valence-electron chi connectivity index (χ3n) is 4.63. The quantitative estimate of drug-likeness (QED) is 0.600. The highest BCUT2D eigenvalue weighted by molar-refractivity contribution is 5.91. The summed E-state index contributed by atoms with van der Waals surface area (Å²) in [7, 11) is 0. The van der Waals surface area contributed by atoms with Gasteiger partial charge in [-0.25, -0.2) is 9.97 Å². The van der Waals surface area contributed by atoms with Crippen LogP contribution in [0.25, 0.3) is 11.0 Å². The van der Waals surface area contributed by atoms with Crippen LogP contribution in [0.15, 0.2) is 55.2 Å². The number of hydrogen-bond donors (Lipinski definition) is 1.